The molecule has 1 heterocycles. The number of benzene rings is 1. The third-order valence-electron chi connectivity index (χ3n) is 4.76. The topological polar surface area (TPSA) is 126 Å². The van der Waals surface area contributed by atoms with Gasteiger partial charge < -0.3 is 34.9 Å². The maximum atomic E-state index is 11.9. The SMILES string of the molecule is CC(C)(C)OC(=O)N1CC(OCCCNCC[C@H](NC(=O)OCc2ccccc2)C(=O)O)C1. The molecule has 0 spiro atoms. The fourth-order valence-corrected chi connectivity index (χ4v) is 3.00. The highest BCUT2D eigenvalue weighted by Crippen LogP contribution is 2.17. The van der Waals surface area contributed by atoms with Crippen LogP contribution in [0.15, 0.2) is 30.3 Å². The quantitative estimate of drug-likeness (QED) is 0.402. The summed E-state index contributed by atoms with van der Waals surface area (Å²) in [6.07, 6.45) is -0.104. The summed E-state index contributed by atoms with van der Waals surface area (Å²) in [6.45, 7) is 8.22. The first-order valence-electron chi connectivity index (χ1n) is 11.1. The van der Waals surface area contributed by atoms with Crippen LogP contribution in [-0.4, -0.2) is 78.7 Å². The van der Waals surface area contributed by atoms with E-state index in [0.29, 0.717) is 32.8 Å². The Morgan fingerprint density at radius 2 is 1.85 bits per heavy atom. The second-order valence-electron chi connectivity index (χ2n) is 8.87. The molecule has 1 fully saturated rings. The van der Waals surface area contributed by atoms with Gasteiger partial charge in [0.15, 0.2) is 0 Å². The number of ether oxygens (including phenoxy) is 3. The molecule has 1 aromatic carbocycles. The Labute approximate surface area is 194 Å². The maximum absolute atomic E-state index is 11.9. The molecule has 0 aliphatic carbocycles. The molecular weight excluding hydrogens is 430 g/mol. The Morgan fingerprint density at radius 3 is 2.48 bits per heavy atom. The summed E-state index contributed by atoms with van der Waals surface area (Å²) in [5.41, 5.74) is 0.314. The van der Waals surface area contributed by atoms with E-state index in [0.717, 1.165) is 12.0 Å². The zero-order valence-corrected chi connectivity index (χ0v) is 19.5. The van der Waals surface area contributed by atoms with Crippen LogP contribution in [0.5, 0.6) is 0 Å². The van der Waals surface area contributed by atoms with E-state index in [2.05, 4.69) is 10.6 Å². The van der Waals surface area contributed by atoms with Crippen LogP contribution in [0.25, 0.3) is 0 Å². The van der Waals surface area contributed by atoms with E-state index in [-0.39, 0.29) is 25.2 Å². The average molecular weight is 466 g/mol. The van der Waals surface area contributed by atoms with Gasteiger partial charge >= 0.3 is 18.2 Å². The zero-order valence-electron chi connectivity index (χ0n) is 19.5. The Balaban J connectivity index is 1.50. The van der Waals surface area contributed by atoms with Gasteiger partial charge in [-0.1, -0.05) is 30.3 Å². The summed E-state index contributed by atoms with van der Waals surface area (Å²) in [7, 11) is 0. The molecule has 0 bridgehead atoms. The second kappa shape index (κ2) is 13.0. The number of carbonyl (C=O) groups excluding carboxylic acids is 2. The monoisotopic (exact) mass is 465 g/mol. The molecule has 1 aliphatic heterocycles. The van der Waals surface area contributed by atoms with Crippen LogP contribution in [0.1, 0.15) is 39.2 Å². The highest BCUT2D eigenvalue weighted by molar-refractivity contribution is 5.79. The fourth-order valence-electron chi connectivity index (χ4n) is 3.00. The zero-order chi connectivity index (χ0) is 24.3. The minimum Gasteiger partial charge on any atom is -0.480 e. The number of hydrogen-bond acceptors (Lipinski definition) is 7. The van der Waals surface area contributed by atoms with Crippen LogP contribution in [0.2, 0.25) is 0 Å². The van der Waals surface area contributed by atoms with E-state index < -0.39 is 23.7 Å². The van der Waals surface area contributed by atoms with Crippen LogP contribution in [0, 0.1) is 0 Å². The molecule has 3 N–H and O–H groups in total. The van der Waals surface area contributed by atoms with Gasteiger partial charge in [0.2, 0.25) is 0 Å². The van der Waals surface area contributed by atoms with Gasteiger partial charge in [-0.15, -0.1) is 0 Å². The lowest BCUT2D eigenvalue weighted by Gasteiger charge is -2.39. The smallest absolute Gasteiger partial charge is 0.410 e. The fraction of sp³-hybridized carbons (Fsp3) is 0.609. The summed E-state index contributed by atoms with van der Waals surface area (Å²) in [5, 5.41) is 14.8. The van der Waals surface area contributed by atoms with Gasteiger partial charge in [-0.25, -0.2) is 14.4 Å². The molecule has 0 saturated carbocycles. The Hall–Kier alpha value is -2.85. The number of carboxylic acid groups (broad SMARTS) is 1. The standard InChI is InChI=1S/C23H35N3O7/c1-23(2,3)33-22(30)26-14-18(15-26)31-13-7-11-24-12-10-19(20(27)28)25-21(29)32-16-17-8-5-4-6-9-17/h4-6,8-9,18-19,24H,7,10-16H2,1-3H3,(H,25,29)(H,27,28)/t19-/m0/s1. The molecule has 1 atom stereocenters. The predicted molar refractivity (Wildman–Crippen MR) is 121 cm³/mol. The first-order chi connectivity index (χ1) is 15.6. The van der Waals surface area contributed by atoms with Crippen molar-refractivity contribution < 1.29 is 33.7 Å². The highest BCUT2D eigenvalue weighted by atomic mass is 16.6. The first kappa shape index (κ1) is 26.4. The lowest BCUT2D eigenvalue weighted by molar-refractivity contribution is -0.139. The van der Waals surface area contributed by atoms with Crippen molar-refractivity contribution in [3.8, 4) is 0 Å². The van der Waals surface area contributed by atoms with E-state index in [9.17, 15) is 19.5 Å². The molecule has 33 heavy (non-hydrogen) atoms. The molecule has 0 unspecified atom stereocenters. The van der Waals surface area contributed by atoms with Gasteiger partial charge in [0.25, 0.3) is 0 Å². The minimum atomic E-state index is -1.11. The van der Waals surface area contributed by atoms with Crippen LogP contribution in [0.3, 0.4) is 0 Å². The summed E-state index contributed by atoms with van der Waals surface area (Å²) < 4.78 is 16.1. The van der Waals surface area contributed by atoms with E-state index in [1.165, 1.54) is 0 Å². The van der Waals surface area contributed by atoms with Crippen LogP contribution < -0.4 is 10.6 Å². The van der Waals surface area contributed by atoms with Crippen molar-refractivity contribution in [3.05, 3.63) is 35.9 Å². The van der Waals surface area contributed by atoms with E-state index >= 15 is 0 Å². The molecule has 10 nitrogen and oxygen atoms in total. The Morgan fingerprint density at radius 1 is 1.15 bits per heavy atom. The van der Waals surface area contributed by atoms with Gasteiger partial charge in [0, 0.05) is 6.61 Å². The number of alkyl carbamates (subject to hydrolysis) is 1. The average Bonchev–Trinajstić information content (AvgIpc) is 2.71. The second-order valence-corrected chi connectivity index (χ2v) is 8.87. The Kier molecular flexibility index (Phi) is 10.4. The predicted octanol–water partition coefficient (Wildman–Crippen LogP) is 2.37. The number of likely N-dealkylation sites (tertiary alicyclic amines) is 1. The van der Waals surface area contributed by atoms with Gasteiger partial charge in [0.05, 0.1) is 19.2 Å². The minimum absolute atomic E-state index is 0.0139. The third kappa shape index (κ3) is 10.5. The lowest BCUT2D eigenvalue weighted by atomic mass is 10.1. The van der Waals surface area contributed by atoms with Crippen molar-refractivity contribution in [1.29, 1.82) is 0 Å². The molecule has 10 heteroatoms. The number of rotatable bonds is 12. The molecule has 1 aliphatic rings. The van der Waals surface area contributed by atoms with Gasteiger partial charge in [-0.05, 0) is 52.3 Å². The Bertz CT molecular complexity index is 761. The van der Waals surface area contributed by atoms with Crippen LogP contribution in [-0.2, 0) is 25.6 Å². The first-order valence-corrected chi connectivity index (χ1v) is 11.1. The van der Waals surface area contributed by atoms with E-state index in [1.54, 1.807) is 4.90 Å². The van der Waals surface area contributed by atoms with Crippen molar-refractivity contribution in [1.82, 2.24) is 15.5 Å². The number of amides is 2. The molecular formula is C23H35N3O7. The molecule has 0 radical (unpaired) electrons. The molecule has 2 amide bonds. The molecule has 0 aromatic heterocycles. The summed E-state index contributed by atoms with van der Waals surface area (Å²) in [4.78, 5) is 36.7. The third-order valence-corrected chi connectivity index (χ3v) is 4.76. The summed E-state index contributed by atoms with van der Waals surface area (Å²) in [5.74, 6) is -1.11. The normalized spacial score (nSPS) is 14.8. The number of nitrogens with zero attached hydrogens (tertiary/aromatic N) is 1. The van der Waals surface area contributed by atoms with Crippen molar-refractivity contribution >= 4 is 18.2 Å². The van der Waals surface area contributed by atoms with Gasteiger partial charge in [-0.3, -0.25) is 0 Å². The van der Waals surface area contributed by atoms with Crippen molar-refractivity contribution in [2.45, 2.75) is 58.0 Å². The summed E-state index contributed by atoms with van der Waals surface area (Å²) >= 11 is 0. The lowest BCUT2D eigenvalue weighted by Crippen LogP contribution is -2.56. The van der Waals surface area contributed by atoms with Crippen molar-refractivity contribution in [2.24, 2.45) is 0 Å². The number of aliphatic carboxylic acids is 1. The van der Waals surface area contributed by atoms with Crippen LogP contribution in [0.4, 0.5) is 9.59 Å². The van der Waals surface area contributed by atoms with E-state index in [1.807, 2.05) is 51.1 Å². The number of carbonyl (C=O) groups is 3. The van der Waals surface area contributed by atoms with Crippen LogP contribution >= 0.6 is 0 Å². The molecule has 1 saturated heterocycles. The maximum Gasteiger partial charge on any atom is 0.410 e. The number of carboxylic acids is 1. The number of nitrogens with one attached hydrogen (secondary N) is 2. The molecule has 2 rings (SSSR count). The molecule has 184 valence electrons. The van der Waals surface area contributed by atoms with Crippen molar-refractivity contribution in [3.63, 3.8) is 0 Å². The highest BCUT2D eigenvalue weighted by Gasteiger charge is 2.34. The van der Waals surface area contributed by atoms with Crippen molar-refractivity contribution in [2.75, 3.05) is 32.8 Å². The van der Waals surface area contributed by atoms with E-state index in [4.69, 9.17) is 14.2 Å². The van der Waals surface area contributed by atoms with Gasteiger partial charge in [0.1, 0.15) is 18.2 Å². The molecule has 1 aromatic rings. The van der Waals surface area contributed by atoms with Gasteiger partial charge in [-0.2, -0.15) is 0 Å². The summed E-state index contributed by atoms with van der Waals surface area (Å²) in [6, 6.07) is 8.12. The largest absolute Gasteiger partial charge is 0.480 e. The number of hydrogen-bond donors (Lipinski definition) is 3.